The molecule has 2 rings (SSSR count). The second-order valence-electron chi connectivity index (χ2n) is 4.87. The molecule has 0 bridgehead atoms. The van der Waals surface area contributed by atoms with Gasteiger partial charge in [-0.3, -0.25) is 0 Å². The van der Waals surface area contributed by atoms with E-state index in [0.29, 0.717) is 12.6 Å². The Balaban J connectivity index is 2.44. The molecule has 0 aliphatic carbocycles. The van der Waals surface area contributed by atoms with E-state index in [9.17, 15) is 13.2 Å². The number of hydrogen-bond donors (Lipinski definition) is 1. The predicted molar refractivity (Wildman–Crippen MR) is 77.7 cm³/mol. The van der Waals surface area contributed by atoms with Gasteiger partial charge in [-0.2, -0.15) is 0 Å². The highest BCUT2D eigenvalue weighted by Crippen LogP contribution is 2.26. The highest BCUT2D eigenvalue weighted by molar-refractivity contribution is 5.35. The zero-order chi connectivity index (χ0) is 15.4. The van der Waals surface area contributed by atoms with E-state index in [1.165, 1.54) is 5.56 Å². The number of hydrogen-bond acceptors (Lipinski definition) is 1. The normalized spacial score (nSPS) is 12.4. The molecule has 21 heavy (non-hydrogen) atoms. The summed E-state index contributed by atoms with van der Waals surface area (Å²) < 4.78 is 40.5. The van der Waals surface area contributed by atoms with Crippen LogP contribution in [0.4, 0.5) is 13.2 Å². The van der Waals surface area contributed by atoms with Crippen molar-refractivity contribution in [3.05, 3.63) is 70.5 Å². The SMILES string of the molecule is CCNC(c1ccc(CC)cc1)c1cc(F)c(F)cc1F. The molecule has 1 unspecified atom stereocenters. The van der Waals surface area contributed by atoms with Crippen LogP contribution < -0.4 is 5.32 Å². The van der Waals surface area contributed by atoms with Gasteiger partial charge in [-0.1, -0.05) is 38.1 Å². The Kier molecular flexibility index (Phi) is 5.02. The molecule has 0 saturated heterocycles. The molecular formula is C17H18F3N. The first kappa shape index (κ1) is 15.6. The van der Waals surface area contributed by atoms with Gasteiger partial charge in [-0.05, 0) is 30.2 Å². The second-order valence-corrected chi connectivity index (χ2v) is 4.87. The van der Waals surface area contributed by atoms with E-state index in [1.807, 2.05) is 38.1 Å². The van der Waals surface area contributed by atoms with Gasteiger partial charge in [0.2, 0.25) is 0 Å². The lowest BCUT2D eigenvalue weighted by atomic mass is 9.96. The fraction of sp³-hybridized carbons (Fsp3) is 0.294. The summed E-state index contributed by atoms with van der Waals surface area (Å²) in [6, 6.07) is 8.69. The first-order chi connectivity index (χ1) is 10.1. The second kappa shape index (κ2) is 6.76. The molecule has 0 spiro atoms. The van der Waals surface area contributed by atoms with Gasteiger partial charge in [0.1, 0.15) is 5.82 Å². The van der Waals surface area contributed by atoms with E-state index < -0.39 is 23.5 Å². The summed E-state index contributed by atoms with van der Waals surface area (Å²) in [5.74, 6) is -2.97. The van der Waals surface area contributed by atoms with Crippen LogP contribution in [0.2, 0.25) is 0 Å². The van der Waals surface area contributed by atoms with Crippen LogP contribution in [0.25, 0.3) is 0 Å². The van der Waals surface area contributed by atoms with Gasteiger partial charge in [-0.25, -0.2) is 13.2 Å². The molecule has 0 amide bonds. The minimum atomic E-state index is -1.17. The Labute approximate surface area is 122 Å². The molecule has 0 radical (unpaired) electrons. The summed E-state index contributed by atoms with van der Waals surface area (Å²) in [6.45, 7) is 4.51. The standard InChI is InChI=1S/C17H18F3N/c1-3-11-5-7-12(8-6-11)17(21-4-2)13-9-15(19)16(20)10-14(13)18/h5-10,17,21H,3-4H2,1-2H3. The monoisotopic (exact) mass is 293 g/mol. The van der Waals surface area contributed by atoms with Gasteiger partial charge in [0.25, 0.3) is 0 Å². The van der Waals surface area contributed by atoms with Crippen LogP contribution in [-0.4, -0.2) is 6.54 Å². The number of aryl methyl sites for hydroxylation is 1. The molecule has 0 heterocycles. The van der Waals surface area contributed by atoms with E-state index in [1.54, 1.807) is 0 Å². The van der Waals surface area contributed by atoms with Crippen LogP contribution in [-0.2, 0) is 6.42 Å². The highest BCUT2D eigenvalue weighted by Gasteiger charge is 2.19. The Morgan fingerprint density at radius 2 is 1.52 bits per heavy atom. The molecule has 0 aliphatic rings. The largest absolute Gasteiger partial charge is 0.306 e. The van der Waals surface area contributed by atoms with Crippen LogP contribution in [0.3, 0.4) is 0 Å². The maximum atomic E-state index is 14.0. The third-order valence-electron chi connectivity index (χ3n) is 3.48. The topological polar surface area (TPSA) is 12.0 Å². The van der Waals surface area contributed by atoms with Crippen LogP contribution in [0.15, 0.2) is 36.4 Å². The van der Waals surface area contributed by atoms with Gasteiger partial charge >= 0.3 is 0 Å². The van der Waals surface area contributed by atoms with E-state index >= 15 is 0 Å². The Hall–Kier alpha value is -1.81. The van der Waals surface area contributed by atoms with Crippen molar-refractivity contribution in [3.63, 3.8) is 0 Å². The van der Waals surface area contributed by atoms with Gasteiger partial charge in [0.15, 0.2) is 11.6 Å². The summed E-state index contributed by atoms with van der Waals surface area (Å²) in [5.41, 5.74) is 2.10. The molecular weight excluding hydrogens is 275 g/mol. The smallest absolute Gasteiger partial charge is 0.161 e. The average molecular weight is 293 g/mol. The van der Waals surface area contributed by atoms with Crippen molar-refractivity contribution in [3.8, 4) is 0 Å². The van der Waals surface area contributed by atoms with Crippen molar-refractivity contribution in [1.82, 2.24) is 5.32 Å². The van der Waals surface area contributed by atoms with Crippen LogP contribution >= 0.6 is 0 Å². The maximum Gasteiger partial charge on any atom is 0.161 e. The molecule has 0 fully saturated rings. The van der Waals surface area contributed by atoms with Crippen LogP contribution in [0.5, 0.6) is 0 Å². The van der Waals surface area contributed by atoms with Gasteiger partial charge < -0.3 is 5.32 Å². The molecule has 1 nitrogen and oxygen atoms in total. The summed E-state index contributed by atoms with van der Waals surface area (Å²) >= 11 is 0. The van der Waals surface area contributed by atoms with Crippen molar-refractivity contribution in [2.75, 3.05) is 6.54 Å². The molecule has 1 N–H and O–H groups in total. The van der Waals surface area contributed by atoms with Crippen molar-refractivity contribution >= 4 is 0 Å². The highest BCUT2D eigenvalue weighted by atomic mass is 19.2. The van der Waals surface area contributed by atoms with Crippen molar-refractivity contribution in [2.24, 2.45) is 0 Å². The molecule has 1 atom stereocenters. The lowest BCUT2D eigenvalue weighted by molar-refractivity contribution is 0.481. The average Bonchev–Trinajstić information content (AvgIpc) is 2.49. The third kappa shape index (κ3) is 3.45. The summed E-state index contributed by atoms with van der Waals surface area (Å²) in [5, 5.41) is 3.11. The lowest BCUT2D eigenvalue weighted by Gasteiger charge is -2.20. The molecule has 112 valence electrons. The van der Waals surface area contributed by atoms with Crippen molar-refractivity contribution < 1.29 is 13.2 Å². The number of rotatable bonds is 5. The quantitative estimate of drug-likeness (QED) is 0.807. The van der Waals surface area contributed by atoms with E-state index in [2.05, 4.69) is 5.32 Å². The molecule has 0 saturated carbocycles. The first-order valence-electron chi connectivity index (χ1n) is 7.03. The predicted octanol–water partition coefficient (Wildman–Crippen LogP) is 4.37. The molecule has 0 aromatic heterocycles. The minimum absolute atomic E-state index is 0.111. The Morgan fingerprint density at radius 3 is 2.10 bits per heavy atom. The zero-order valence-corrected chi connectivity index (χ0v) is 12.1. The molecule has 2 aromatic carbocycles. The van der Waals surface area contributed by atoms with E-state index in [-0.39, 0.29) is 5.56 Å². The fourth-order valence-electron chi connectivity index (χ4n) is 2.32. The van der Waals surface area contributed by atoms with Crippen molar-refractivity contribution in [1.29, 1.82) is 0 Å². The van der Waals surface area contributed by atoms with Crippen LogP contribution in [0.1, 0.15) is 36.6 Å². The van der Waals surface area contributed by atoms with Gasteiger partial charge in [0, 0.05) is 11.6 Å². The number of nitrogens with one attached hydrogen (secondary N) is 1. The number of benzene rings is 2. The fourth-order valence-corrected chi connectivity index (χ4v) is 2.32. The Bertz CT molecular complexity index is 608. The van der Waals surface area contributed by atoms with Crippen molar-refractivity contribution in [2.45, 2.75) is 26.3 Å². The van der Waals surface area contributed by atoms with Gasteiger partial charge in [-0.15, -0.1) is 0 Å². The lowest BCUT2D eigenvalue weighted by Crippen LogP contribution is -2.23. The first-order valence-corrected chi connectivity index (χ1v) is 7.03. The summed E-state index contributed by atoms with van der Waals surface area (Å²) in [6.07, 6.45) is 0.908. The summed E-state index contributed by atoms with van der Waals surface area (Å²) in [4.78, 5) is 0. The minimum Gasteiger partial charge on any atom is -0.306 e. The number of halogens is 3. The van der Waals surface area contributed by atoms with E-state index in [4.69, 9.17) is 0 Å². The Morgan fingerprint density at radius 1 is 0.905 bits per heavy atom. The molecule has 4 heteroatoms. The molecule has 2 aromatic rings. The molecule has 0 aliphatic heterocycles. The summed E-state index contributed by atoms with van der Waals surface area (Å²) in [7, 11) is 0. The maximum absolute atomic E-state index is 14.0. The zero-order valence-electron chi connectivity index (χ0n) is 12.1. The van der Waals surface area contributed by atoms with Crippen LogP contribution in [0, 0.1) is 17.5 Å². The third-order valence-corrected chi connectivity index (χ3v) is 3.48. The van der Waals surface area contributed by atoms with E-state index in [0.717, 1.165) is 18.1 Å². The van der Waals surface area contributed by atoms with Gasteiger partial charge in [0.05, 0.1) is 6.04 Å².